The van der Waals surface area contributed by atoms with Gasteiger partial charge in [-0.25, -0.2) is 0 Å². The van der Waals surface area contributed by atoms with Crippen molar-refractivity contribution in [1.82, 2.24) is 4.98 Å². The molecule has 3 N–H and O–H groups in total. The summed E-state index contributed by atoms with van der Waals surface area (Å²) in [4.78, 5) is 5.05. The second-order valence-corrected chi connectivity index (χ2v) is 7.07. The standard InChI is InChI=1S/C19H24N2S/c1-13(2)14-8-5-9-15-16(7-3-4-11-20)19(21-18(14)15)17-10-6-12-22-17/h5-6,8-10,12-13,21H,3-4,7,11,20H2,1-2H3. The third kappa shape index (κ3) is 2.83. The van der Waals surface area contributed by atoms with Crippen molar-refractivity contribution in [3.8, 4) is 10.6 Å². The van der Waals surface area contributed by atoms with Crippen LogP contribution in [0.2, 0.25) is 0 Å². The second-order valence-electron chi connectivity index (χ2n) is 6.13. The lowest BCUT2D eigenvalue weighted by molar-refractivity contribution is 0.748. The topological polar surface area (TPSA) is 41.8 Å². The van der Waals surface area contributed by atoms with Gasteiger partial charge in [0.05, 0.1) is 10.6 Å². The van der Waals surface area contributed by atoms with Crippen molar-refractivity contribution >= 4 is 22.2 Å². The Labute approximate surface area is 136 Å². The first-order valence-electron chi connectivity index (χ1n) is 8.09. The van der Waals surface area contributed by atoms with Gasteiger partial charge in [-0.2, -0.15) is 0 Å². The number of nitrogens with two attached hydrogens (primary N) is 1. The van der Waals surface area contributed by atoms with E-state index in [0.717, 1.165) is 25.8 Å². The third-order valence-electron chi connectivity index (χ3n) is 4.24. The number of aryl methyl sites for hydroxylation is 1. The summed E-state index contributed by atoms with van der Waals surface area (Å²) in [6.45, 7) is 5.29. The normalized spacial score (nSPS) is 11.6. The highest BCUT2D eigenvalue weighted by atomic mass is 32.1. The van der Waals surface area contributed by atoms with Crippen LogP contribution in [0.25, 0.3) is 21.5 Å². The molecule has 2 heterocycles. The van der Waals surface area contributed by atoms with Gasteiger partial charge in [-0.05, 0) is 54.3 Å². The molecule has 116 valence electrons. The molecule has 2 aromatic heterocycles. The number of aromatic amines is 1. The van der Waals surface area contributed by atoms with E-state index in [1.54, 1.807) is 11.3 Å². The van der Waals surface area contributed by atoms with E-state index in [2.05, 4.69) is 54.5 Å². The number of benzene rings is 1. The minimum absolute atomic E-state index is 0.524. The van der Waals surface area contributed by atoms with Crippen LogP contribution in [0.15, 0.2) is 35.7 Å². The molecule has 0 aliphatic rings. The van der Waals surface area contributed by atoms with Crippen LogP contribution in [0, 0.1) is 0 Å². The van der Waals surface area contributed by atoms with E-state index in [1.165, 1.54) is 32.6 Å². The first-order chi connectivity index (χ1) is 10.7. The van der Waals surface area contributed by atoms with Gasteiger partial charge >= 0.3 is 0 Å². The zero-order valence-corrected chi connectivity index (χ0v) is 14.2. The SMILES string of the molecule is CC(C)c1cccc2c(CCCCN)c(-c3cccs3)[nH]c12. The van der Waals surface area contributed by atoms with Crippen LogP contribution < -0.4 is 5.73 Å². The largest absolute Gasteiger partial charge is 0.353 e. The number of hydrogen-bond acceptors (Lipinski definition) is 2. The van der Waals surface area contributed by atoms with Crippen LogP contribution in [-0.2, 0) is 6.42 Å². The molecule has 0 fully saturated rings. The number of thiophene rings is 1. The quantitative estimate of drug-likeness (QED) is 0.596. The first-order valence-corrected chi connectivity index (χ1v) is 8.97. The van der Waals surface area contributed by atoms with Gasteiger partial charge in [0.15, 0.2) is 0 Å². The molecule has 0 aliphatic heterocycles. The minimum Gasteiger partial charge on any atom is -0.353 e. The molecule has 1 aromatic carbocycles. The number of rotatable bonds is 6. The van der Waals surface area contributed by atoms with Crippen LogP contribution in [-0.4, -0.2) is 11.5 Å². The Hall–Kier alpha value is -1.58. The molecule has 3 aromatic rings. The second kappa shape index (κ2) is 6.67. The maximum absolute atomic E-state index is 5.67. The summed E-state index contributed by atoms with van der Waals surface area (Å²) in [5.74, 6) is 0.524. The molecule has 0 aliphatic carbocycles. The molecule has 22 heavy (non-hydrogen) atoms. The van der Waals surface area contributed by atoms with Gasteiger partial charge in [0.25, 0.3) is 0 Å². The summed E-state index contributed by atoms with van der Waals surface area (Å²) >= 11 is 1.80. The van der Waals surface area contributed by atoms with E-state index in [-0.39, 0.29) is 0 Å². The predicted octanol–water partition coefficient (Wildman–Crippen LogP) is 5.30. The zero-order chi connectivity index (χ0) is 15.5. The Bertz CT molecular complexity index is 738. The highest BCUT2D eigenvalue weighted by Crippen LogP contribution is 2.36. The fourth-order valence-electron chi connectivity index (χ4n) is 3.11. The van der Waals surface area contributed by atoms with Crippen LogP contribution >= 0.6 is 11.3 Å². The highest BCUT2D eigenvalue weighted by molar-refractivity contribution is 7.13. The van der Waals surface area contributed by atoms with Gasteiger partial charge in [-0.1, -0.05) is 38.1 Å². The number of aromatic nitrogens is 1. The van der Waals surface area contributed by atoms with Gasteiger partial charge in [0, 0.05) is 10.9 Å². The van der Waals surface area contributed by atoms with Crippen LogP contribution in [0.4, 0.5) is 0 Å². The van der Waals surface area contributed by atoms with E-state index >= 15 is 0 Å². The molecule has 0 radical (unpaired) electrons. The maximum atomic E-state index is 5.67. The number of unbranched alkanes of at least 4 members (excludes halogenated alkanes) is 1. The molecule has 0 saturated carbocycles. The summed E-state index contributed by atoms with van der Waals surface area (Å²) in [5.41, 5.74) is 11.1. The fourth-order valence-corrected chi connectivity index (χ4v) is 3.87. The van der Waals surface area contributed by atoms with Crippen molar-refractivity contribution in [3.63, 3.8) is 0 Å². The molecule has 0 saturated heterocycles. The third-order valence-corrected chi connectivity index (χ3v) is 5.13. The maximum Gasteiger partial charge on any atom is 0.0598 e. The van der Waals surface area contributed by atoms with Crippen molar-refractivity contribution in [1.29, 1.82) is 0 Å². The number of nitrogens with one attached hydrogen (secondary N) is 1. The molecule has 0 atom stereocenters. The van der Waals surface area contributed by atoms with Gasteiger partial charge in [0.2, 0.25) is 0 Å². The number of fused-ring (bicyclic) bond motifs is 1. The summed E-state index contributed by atoms with van der Waals surface area (Å²) in [7, 11) is 0. The Morgan fingerprint density at radius 1 is 1.14 bits per heavy atom. The van der Waals surface area contributed by atoms with Gasteiger partial charge < -0.3 is 10.7 Å². The fraction of sp³-hybridized carbons (Fsp3) is 0.368. The summed E-state index contributed by atoms with van der Waals surface area (Å²) in [6, 6.07) is 11.0. The molecule has 3 heteroatoms. The molecule has 0 unspecified atom stereocenters. The van der Waals surface area contributed by atoms with E-state index in [0.29, 0.717) is 5.92 Å². The van der Waals surface area contributed by atoms with Crippen LogP contribution in [0.1, 0.15) is 43.7 Å². The highest BCUT2D eigenvalue weighted by Gasteiger charge is 2.16. The monoisotopic (exact) mass is 312 g/mol. The van der Waals surface area contributed by atoms with Crippen LogP contribution in [0.5, 0.6) is 0 Å². The number of hydrogen-bond donors (Lipinski definition) is 2. The van der Waals surface area contributed by atoms with Crippen molar-refractivity contribution in [2.45, 2.75) is 39.0 Å². The molecule has 0 bridgehead atoms. The van der Waals surface area contributed by atoms with E-state index in [4.69, 9.17) is 5.73 Å². The van der Waals surface area contributed by atoms with Gasteiger partial charge in [-0.3, -0.25) is 0 Å². The number of H-pyrrole nitrogens is 1. The van der Waals surface area contributed by atoms with Crippen molar-refractivity contribution in [2.75, 3.05) is 6.54 Å². The van der Waals surface area contributed by atoms with Crippen LogP contribution in [0.3, 0.4) is 0 Å². The Morgan fingerprint density at radius 2 is 2.00 bits per heavy atom. The Balaban J connectivity index is 2.15. The lowest BCUT2D eigenvalue weighted by Crippen LogP contribution is -1.99. The van der Waals surface area contributed by atoms with E-state index in [1.807, 2.05) is 0 Å². The van der Waals surface area contributed by atoms with Crippen molar-refractivity contribution in [2.24, 2.45) is 5.73 Å². The average Bonchev–Trinajstić information content (AvgIpc) is 3.14. The minimum atomic E-state index is 0.524. The lowest BCUT2D eigenvalue weighted by atomic mass is 9.97. The molecular weight excluding hydrogens is 288 g/mol. The number of para-hydroxylation sites is 1. The molecule has 2 nitrogen and oxygen atoms in total. The summed E-state index contributed by atoms with van der Waals surface area (Å²) in [5, 5.41) is 3.53. The zero-order valence-electron chi connectivity index (χ0n) is 13.4. The smallest absolute Gasteiger partial charge is 0.0598 e. The molecule has 0 spiro atoms. The van der Waals surface area contributed by atoms with Gasteiger partial charge in [0.1, 0.15) is 0 Å². The van der Waals surface area contributed by atoms with E-state index < -0.39 is 0 Å². The van der Waals surface area contributed by atoms with Gasteiger partial charge in [-0.15, -0.1) is 11.3 Å². The Morgan fingerprint density at radius 3 is 2.68 bits per heavy atom. The average molecular weight is 312 g/mol. The molecule has 0 amide bonds. The van der Waals surface area contributed by atoms with Crippen molar-refractivity contribution in [3.05, 3.63) is 46.8 Å². The van der Waals surface area contributed by atoms with E-state index in [9.17, 15) is 0 Å². The summed E-state index contributed by atoms with van der Waals surface area (Å²) < 4.78 is 0. The predicted molar refractivity (Wildman–Crippen MR) is 97.7 cm³/mol. The molecular formula is C19H24N2S. The Kier molecular flexibility index (Phi) is 4.65. The van der Waals surface area contributed by atoms with Crippen molar-refractivity contribution < 1.29 is 0 Å². The lowest BCUT2D eigenvalue weighted by Gasteiger charge is -2.07. The first kappa shape index (κ1) is 15.3. The molecule has 3 rings (SSSR count). The summed E-state index contributed by atoms with van der Waals surface area (Å²) in [6.07, 6.45) is 3.32.